The zero-order valence-corrected chi connectivity index (χ0v) is 8.31. The first-order chi connectivity index (χ1) is 7.27. The van der Waals surface area contributed by atoms with Gasteiger partial charge in [-0.15, -0.1) is 0 Å². The largest absolute Gasteiger partial charge is 0.382 e. The molecule has 3 N–H and O–H groups in total. The van der Waals surface area contributed by atoms with Gasteiger partial charge in [0, 0.05) is 7.05 Å². The van der Waals surface area contributed by atoms with Gasteiger partial charge in [0.1, 0.15) is 6.07 Å². The van der Waals surface area contributed by atoms with Crippen LogP contribution in [0, 0.1) is 11.3 Å². The van der Waals surface area contributed by atoms with Gasteiger partial charge in [-0.05, 0) is 12.1 Å². The second-order valence-electron chi connectivity index (χ2n) is 2.66. The van der Waals surface area contributed by atoms with Gasteiger partial charge in [-0.25, -0.2) is 0 Å². The Morgan fingerprint density at radius 2 is 2.07 bits per heavy atom. The van der Waals surface area contributed by atoms with E-state index in [1.807, 2.05) is 36.4 Å². The molecule has 5 nitrogen and oxygen atoms in total. The lowest BCUT2D eigenvalue weighted by Gasteiger charge is -2.00. The lowest BCUT2D eigenvalue weighted by Crippen LogP contribution is -2.23. The van der Waals surface area contributed by atoms with Crippen LogP contribution in [-0.4, -0.2) is 18.6 Å². The zero-order chi connectivity index (χ0) is 11.1. The molecule has 0 bridgehead atoms. The molecule has 15 heavy (non-hydrogen) atoms. The van der Waals surface area contributed by atoms with E-state index in [1.54, 1.807) is 0 Å². The molecule has 0 unspecified atom stereocenters. The molecule has 1 aromatic carbocycles. The third kappa shape index (κ3) is 3.12. The highest BCUT2D eigenvalue weighted by Gasteiger charge is 2.01. The number of nitrogens with two attached hydrogens (primary N) is 1. The molecule has 1 rings (SSSR count). The molecule has 5 heteroatoms. The zero-order valence-electron chi connectivity index (χ0n) is 8.31. The van der Waals surface area contributed by atoms with Crippen molar-refractivity contribution >= 4 is 17.2 Å². The first-order valence-electron chi connectivity index (χ1n) is 4.29. The first kappa shape index (κ1) is 10.7. The summed E-state index contributed by atoms with van der Waals surface area (Å²) in [6.07, 6.45) is 0. The molecule has 0 aromatic heterocycles. The van der Waals surface area contributed by atoms with Crippen molar-refractivity contribution in [3.8, 4) is 6.07 Å². The van der Waals surface area contributed by atoms with Gasteiger partial charge in [0.05, 0.1) is 5.69 Å². The van der Waals surface area contributed by atoms with Gasteiger partial charge in [-0.1, -0.05) is 18.2 Å². The minimum Gasteiger partial charge on any atom is -0.382 e. The van der Waals surface area contributed by atoms with Crippen LogP contribution in [0.3, 0.4) is 0 Å². The molecule has 0 radical (unpaired) electrons. The molecule has 0 fully saturated rings. The van der Waals surface area contributed by atoms with Crippen molar-refractivity contribution < 1.29 is 0 Å². The number of hydrazone groups is 1. The van der Waals surface area contributed by atoms with E-state index in [2.05, 4.69) is 15.5 Å². The Labute approximate surface area is 87.9 Å². The molecule has 0 aliphatic heterocycles. The number of nitrogens with one attached hydrogen (secondary N) is 1. The summed E-state index contributed by atoms with van der Waals surface area (Å²) in [6.45, 7) is 0. The van der Waals surface area contributed by atoms with Crippen molar-refractivity contribution in [2.24, 2.45) is 15.8 Å². The smallest absolute Gasteiger partial charge is 0.202 e. The average Bonchev–Trinajstić information content (AvgIpc) is 2.31. The molecule has 0 aliphatic rings. The van der Waals surface area contributed by atoms with Crippen LogP contribution in [0.2, 0.25) is 0 Å². The van der Waals surface area contributed by atoms with Crippen molar-refractivity contribution in [2.45, 2.75) is 0 Å². The molecular formula is C10H11N5. The maximum absolute atomic E-state index is 8.72. The van der Waals surface area contributed by atoms with Crippen LogP contribution in [0.4, 0.5) is 5.69 Å². The van der Waals surface area contributed by atoms with Crippen LogP contribution in [-0.2, 0) is 0 Å². The Morgan fingerprint density at radius 3 is 2.60 bits per heavy atom. The Hall–Kier alpha value is -2.35. The summed E-state index contributed by atoms with van der Waals surface area (Å²) in [5, 5.41) is 12.6. The normalized spacial score (nSPS) is 12.0. The standard InChI is InChI=1S/C10H11N5/c1-13-10(12)9(7-11)15-14-8-5-3-2-4-6-8/h2-6,14H,1H3,(H2,12,13)/b15-9+. The quantitative estimate of drug-likeness (QED) is 0.434. The minimum atomic E-state index is 0.0707. The fourth-order valence-corrected chi connectivity index (χ4v) is 0.879. The monoisotopic (exact) mass is 201 g/mol. The fourth-order valence-electron chi connectivity index (χ4n) is 0.879. The summed E-state index contributed by atoms with van der Waals surface area (Å²) in [5.74, 6) is 0.112. The molecule has 0 atom stereocenters. The number of benzene rings is 1. The van der Waals surface area contributed by atoms with Gasteiger partial charge in [-0.3, -0.25) is 10.4 Å². The second-order valence-corrected chi connectivity index (χ2v) is 2.66. The Morgan fingerprint density at radius 1 is 1.40 bits per heavy atom. The molecule has 1 aromatic rings. The first-order valence-corrected chi connectivity index (χ1v) is 4.29. The lowest BCUT2D eigenvalue weighted by molar-refractivity contribution is 1.33. The van der Waals surface area contributed by atoms with E-state index >= 15 is 0 Å². The van der Waals surface area contributed by atoms with Crippen molar-refractivity contribution in [1.29, 1.82) is 5.26 Å². The summed E-state index contributed by atoms with van der Waals surface area (Å²) < 4.78 is 0. The van der Waals surface area contributed by atoms with E-state index in [0.717, 1.165) is 5.69 Å². The molecule has 0 amide bonds. The number of nitriles is 1. The highest BCUT2D eigenvalue weighted by Crippen LogP contribution is 2.04. The summed E-state index contributed by atoms with van der Waals surface area (Å²) in [5.41, 5.74) is 9.02. The van der Waals surface area contributed by atoms with E-state index in [-0.39, 0.29) is 11.5 Å². The minimum absolute atomic E-state index is 0.0707. The van der Waals surface area contributed by atoms with E-state index in [4.69, 9.17) is 11.0 Å². The van der Waals surface area contributed by atoms with E-state index in [9.17, 15) is 0 Å². The van der Waals surface area contributed by atoms with Crippen molar-refractivity contribution in [1.82, 2.24) is 0 Å². The molecule has 0 spiro atoms. The van der Waals surface area contributed by atoms with Crippen LogP contribution in [0.5, 0.6) is 0 Å². The predicted molar refractivity (Wildman–Crippen MR) is 60.7 cm³/mol. The van der Waals surface area contributed by atoms with E-state index in [0.29, 0.717) is 0 Å². The third-order valence-electron chi connectivity index (χ3n) is 1.66. The number of nitrogens with zero attached hydrogens (tertiary/aromatic N) is 3. The summed E-state index contributed by atoms with van der Waals surface area (Å²) in [4.78, 5) is 3.67. The van der Waals surface area contributed by atoms with E-state index in [1.165, 1.54) is 7.05 Å². The number of hydrogen-bond donors (Lipinski definition) is 2. The molecule has 0 saturated carbocycles. The van der Waals surface area contributed by atoms with E-state index < -0.39 is 0 Å². The number of aliphatic imine (C=N–C) groups is 1. The number of rotatable bonds is 3. The van der Waals surface area contributed by atoms with Gasteiger partial charge in [0.2, 0.25) is 5.71 Å². The third-order valence-corrected chi connectivity index (χ3v) is 1.66. The number of para-hydroxylation sites is 1. The van der Waals surface area contributed by atoms with Crippen LogP contribution in [0.25, 0.3) is 0 Å². The van der Waals surface area contributed by atoms with Gasteiger partial charge in [0.15, 0.2) is 5.84 Å². The second kappa shape index (κ2) is 5.40. The average molecular weight is 201 g/mol. The van der Waals surface area contributed by atoms with Crippen LogP contribution < -0.4 is 11.2 Å². The molecular weight excluding hydrogens is 190 g/mol. The van der Waals surface area contributed by atoms with Crippen LogP contribution in [0.15, 0.2) is 40.4 Å². The van der Waals surface area contributed by atoms with Crippen molar-refractivity contribution in [3.63, 3.8) is 0 Å². The molecule has 0 heterocycles. The van der Waals surface area contributed by atoms with Gasteiger partial charge >= 0.3 is 0 Å². The Kier molecular flexibility index (Phi) is 3.86. The van der Waals surface area contributed by atoms with Crippen molar-refractivity contribution in [2.75, 3.05) is 12.5 Å². The van der Waals surface area contributed by atoms with Crippen molar-refractivity contribution in [3.05, 3.63) is 30.3 Å². The topological polar surface area (TPSA) is 86.6 Å². The van der Waals surface area contributed by atoms with Crippen LogP contribution >= 0.6 is 0 Å². The summed E-state index contributed by atoms with van der Waals surface area (Å²) >= 11 is 0. The Balaban J connectivity index is 2.77. The van der Waals surface area contributed by atoms with Gasteiger partial charge < -0.3 is 5.73 Å². The summed E-state index contributed by atoms with van der Waals surface area (Å²) in [7, 11) is 1.50. The SMILES string of the molecule is CN=C(N)/C(C#N)=N/Nc1ccccc1. The lowest BCUT2D eigenvalue weighted by atomic mass is 10.3. The number of amidine groups is 1. The van der Waals surface area contributed by atoms with Gasteiger partial charge in [-0.2, -0.15) is 10.4 Å². The summed E-state index contributed by atoms with van der Waals surface area (Å²) in [6, 6.07) is 11.1. The van der Waals surface area contributed by atoms with Crippen LogP contribution in [0.1, 0.15) is 0 Å². The Bertz CT molecular complexity index is 413. The predicted octanol–water partition coefficient (Wildman–Crippen LogP) is 0.965. The fraction of sp³-hybridized carbons (Fsp3) is 0.100. The highest BCUT2D eigenvalue weighted by molar-refractivity contribution is 6.46. The number of anilines is 1. The maximum atomic E-state index is 8.72. The maximum Gasteiger partial charge on any atom is 0.202 e. The number of hydrogen-bond acceptors (Lipinski definition) is 4. The molecule has 76 valence electrons. The molecule has 0 aliphatic carbocycles. The van der Waals surface area contributed by atoms with Gasteiger partial charge in [0.25, 0.3) is 0 Å². The highest BCUT2D eigenvalue weighted by atomic mass is 15.3. The molecule has 0 saturated heterocycles.